The monoisotopic (exact) mass is 122 g/mol. The Morgan fingerprint density at radius 1 is 1.33 bits per heavy atom. The van der Waals surface area contributed by atoms with E-state index >= 15 is 0 Å². The van der Waals surface area contributed by atoms with Gasteiger partial charge >= 0.3 is 0 Å². The van der Waals surface area contributed by atoms with Gasteiger partial charge in [0.15, 0.2) is 0 Å². The number of fused-ring (bicyclic) bond motifs is 1. The lowest BCUT2D eigenvalue weighted by Gasteiger charge is -2.23. The van der Waals surface area contributed by atoms with Crippen molar-refractivity contribution < 1.29 is 0 Å². The quantitative estimate of drug-likeness (QED) is 0.494. The van der Waals surface area contributed by atoms with Gasteiger partial charge in [0.1, 0.15) is 0 Å². The molecule has 3 aliphatic carbocycles. The zero-order chi connectivity index (χ0) is 6.27. The van der Waals surface area contributed by atoms with Gasteiger partial charge in [0.05, 0.1) is 0 Å². The van der Waals surface area contributed by atoms with E-state index in [0.717, 1.165) is 17.8 Å². The van der Waals surface area contributed by atoms with E-state index in [1.807, 2.05) is 0 Å². The van der Waals surface area contributed by atoms with E-state index in [2.05, 4.69) is 12.7 Å². The first-order chi connectivity index (χ1) is 4.40. The Morgan fingerprint density at radius 2 is 2.11 bits per heavy atom. The van der Waals surface area contributed by atoms with E-state index in [0.29, 0.717) is 0 Å². The van der Waals surface area contributed by atoms with E-state index in [9.17, 15) is 0 Å². The van der Waals surface area contributed by atoms with Gasteiger partial charge in [0, 0.05) is 0 Å². The summed E-state index contributed by atoms with van der Waals surface area (Å²) in [4.78, 5) is 0. The molecule has 0 spiro atoms. The lowest BCUT2D eigenvalue weighted by Crippen LogP contribution is -2.13. The third-order valence-corrected chi connectivity index (χ3v) is 3.04. The molecule has 0 radical (unpaired) electrons. The summed E-state index contributed by atoms with van der Waals surface area (Å²) in [5.74, 6) is 3.26. The maximum Gasteiger partial charge on any atom is -0.0322 e. The largest absolute Gasteiger partial charge is 0.103 e. The molecule has 0 aromatic carbocycles. The standard InChI is InChI=1S/C9H14/c1-2-3-8-4-7-5-9(8)6-7/h2,7-9H,1,3-6H2. The van der Waals surface area contributed by atoms with Gasteiger partial charge in [-0.05, 0) is 43.4 Å². The van der Waals surface area contributed by atoms with E-state index in [1.54, 1.807) is 12.8 Å². The van der Waals surface area contributed by atoms with Crippen LogP contribution in [0.3, 0.4) is 0 Å². The second-order valence-corrected chi connectivity index (χ2v) is 3.62. The van der Waals surface area contributed by atoms with Crippen LogP contribution >= 0.6 is 0 Å². The van der Waals surface area contributed by atoms with Crippen LogP contribution in [0.25, 0.3) is 0 Å². The molecule has 0 N–H and O–H groups in total. The fraction of sp³-hybridized carbons (Fsp3) is 0.778. The summed E-state index contributed by atoms with van der Waals surface area (Å²) in [7, 11) is 0. The minimum absolute atomic E-state index is 1.03. The highest BCUT2D eigenvalue weighted by Crippen LogP contribution is 2.53. The number of hydrogen-bond donors (Lipinski definition) is 0. The molecule has 3 saturated carbocycles. The van der Waals surface area contributed by atoms with Gasteiger partial charge in [-0.1, -0.05) is 6.08 Å². The lowest BCUT2D eigenvalue weighted by molar-refractivity contribution is 0.275. The van der Waals surface area contributed by atoms with Crippen molar-refractivity contribution in [3.63, 3.8) is 0 Å². The molecule has 0 amide bonds. The first-order valence-corrected chi connectivity index (χ1v) is 4.01. The van der Waals surface area contributed by atoms with Gasteiger partial charge in [0.2, 0.25) is 0 Å². The van der Waals surface area contributed by atoms with Gasteiger partial charge in [-0.3, -0.25) is 0 Å². The van der Waals surface area contributed by atoms with Crippen LogP contribution in [0.1, 0.15) is 25.7 Å². The topological polar surface area (TPSA) is 0 Å². The average Bonchev–Trinajstić information content (AvgIpc) is 2.20. The molecule has 0 aromatic rings. The molecule has 0 heterocycles. The Labute approximate surface area is 57.0 Å². The Bertz CT molecular complexity index is 120. The van der Waals surface area contributed by atoms with Crippen LogP contribution < -0.4 is 0 Å². The summed E-state index contributed by atoms with van der Waals surface area (Å²) in [5, 5.41) is 0. The second-order valence-electron chi connectivity index (χ2n) is 3.62. The Morgan fingerprint density at radius 3 is 2.56 bits per heavy atom. The third-order valence-electron chi connectivity index (χ3n) is 3.04. The van der Waals surface area contributed by atoms with Crippen LogP contribution in [-0.4, -0.2) is 0 Å². The van der Waals surface area contributed by atoms with Crippen LogP contribution in [0.4, 0.5) is 0 Å². The van der Waals surface area contributed by atoms with Gasteiger partial charge in [-0.25, -0.2) is 0 Å². The first-order valence-electron chi connectivity index (χ1n) is 4.01. The van der Waals surface area contributed by atoms with Crippen LogP contribution in [0.2, 0.25) is 0 Å². The van der Waals surface area contributed by atoms with Gasteiger partial charge in [-0.2, -0.15) is 0 Å². The summed E-state index contributed by atoms with van der Waals surface area (Å²) in [5.41, 5.74) is 0. The van der Waals surface area contributed by atoms with E-state index in [4.69, 9.17) is 0 Å². The maximum absolute atomic E-state index is 3.78. The molecule has 9 heavy (non-hydrogen) atoms. The van der Waals surface area contributed by atoms with Crippen molar-refractivity contribution in [2.45, 2.75) is 25.7 Å². The summed E-state index contributed by atoms with van der Waals surface area (Å²) >= 11 is 0. The van der Waals surface area contributed by atoms with Crippen molar-refractivity contribution in [1.82, 2.24) is 0 Å². The zero-order valence-electron chi connectivity index (χ0n) is 5.84. The van der Waals surface area contributed by atoms with Crippen LogP contribution in [0.5, 0.6) is 0 Å². The van der Waals surface area contributed by atoms with Crippen molar-refractivity contribution in [2.24, 2.45) is 17.8 Å². The van der Waals surface area contributed by atoms with E-state index < -0.39 is 0 Å². The first kappa shape index (κ1) is 5.52. The molecule has 1 unspecified atom stereocenters. The number of rotatable bonds is 2. The molecule has 1 atom stereocenters. The molecule has 3 fully saturated rings. The minimum atomic E-state index is 1.03. The molecule has 0 heteroatoms. The fourth-order valence-electron chi connectivity index (χ4n) is 2.49. The van der Waals surface area contributed by atoms with Crippen LogP contribution in [-0.2, 0) is 0 Å². The van der Waals surface area contributed by atoms with Crippen molar-refractivity contribution in [2.75, 3.05) is 0 Å². The Kier molecular flexibility index (Phi) is 1.14. The highest BCUT2D eigenvalue weighted by molar-refractivity contribution is 4.96. The smallest absolute Gasteiger partial charge is 0.0322 e. The van der Waals surface area contributed by atoms with Crippen molar-refractivity contribution >= 4 is 0 Å². The molecule has 0 aromatic heterocycles. The predicted octanol–water partition coefficient (Wildman–Crippen LogP) is 2.61. The Hall–Kier alpha value is -0.260. The molecule has 3 rings (SSSR count). The molecule has 3 aliphatic rings. The average molecular weight is 122 g/mol. The van der Waals surface area contributed by atoms with Crippen molar-refractivity contribution in [1.29, 1.82) is 0 Å². The van der Waals surface area contributed by atoms with Gasteiger partial charge in [-0.15, -0.1) is 6.58 Å². The normalized spacial score (nSPS) is 46.4. The molecule has 0 nitrogen and oxygen atoms in total. The van der Waals surface area contributed by atoms with Gasteiger partial charge in [0.25, 0.3) is 0 Å². The minimum Gasteiger partial charge on any atom is -0.103 e. The highest BCUT2D eigenvalue weighted by atomic mass is 14.5. The summed E-state index contributed by atoms with van der Waals surface area (Å²) in [6, 6.07) is 0. The molecular formula is C9H14. The zero-order valence-corrected chi connectivity index (χ0v) is 5.84. The van der Waals surface area contributed by atoms with Crippen LogP contribution in [0.15, 0.2) is 12.7 Å². The van der Waals surface area contributed by atoms with E-state index in [-0.39, 0.29) is 0 Å². The fourth-order valence-corrected chi connectivity index (χ4v) is 2.49. The van der Waals surface area contributed by atoms with Gasteiger partial charge < -0.3 is 0 Å². The molecule has 0 aliphatic heterocycles. The SMILES string of the molecule is C=CCC1CC2CC1C2. The molecule has 2 bridgehead atoms. The summed E-state index contributed by atoms with van der Waals surface area (Å²) < 4.78 is 0. The number of hydrogen-bond acceptors (Lipinski definition) is 0. The number of allylic oxidation sites excluding steroid dienone is 1. The molecule has 50 valence electrons. The summed E-state index contributed by atoms with van der Waals surface area (Å²) in [6.45, 7) is 3.78. The Balaban J connectivity index is 1.92. The molecular weight excluding hydrogens is 108 g/mol. The van der Waals surface area contributed by atoms with Crippen molar-refractivity contribution in [3.05, 3.63) is 12.7 Å². The maximum atomic E-state index is 3.78. The lowest BCUT2D eigenvalue weighted by atomic mass is 9.82. The summed E-state index contributed by atoms with van der Waals surface area (Å²) in [6.07, 6.45) is 7.96. The predicted molar refractivity (Wildman–Crippen MR) is 39.1 cm³/mol. The second kappa shape index (κ2) is 1.86. The third kappa shape index (κ3) is 0.726. The highest BCUT2D eigenvalue weighted by Gasteiger charge is 2.42. The van der Waals surface area contributed by atoms with E-state index in [1.165, 1.54) is 12.8 Å². The molecule has 0 saturated heterocycles. The van der Waals surface area contributed by atoms with Crippen LogP contribution in [0, 0.1) is 17.8 Å². The van der Waals surface area contributed by atoms with Crippen molar-refractivity contribution in [3.8, 4) is 0 Å².